The maximum absolute atomic E-state index is 12.4. The minimum Gasteiger partial charge on any atom is -0.495 e. The number of halogens is 1. The predicted octanol–water partition coefficient (Wildman–Crippen LogP) is 3.48. The van der Waals surface area contributed by atoms with Gasteiger partial charge in [-0.1, -0.05) is 0 Å². The molecule has 0 aromatic carbocycles. The quantitative estimate of drug-likeness (QED) is 0.565. The molecule has 8 heteroatoms. The van der Waals surface area contributed by atoms with Gasteiger partial charge in [-0.05, 0) is 60.1 Å². The van der Waals surface area contributed by atoms with E-state index in [0.717, 1.165) is 50.1 Å². The molecule has 0 spiro atoms. The number of hydrogen-bond acceptors (Lipinski definition) is 6. The molecule has 1 N–H and O–H groups in total. The minimum absolute atomic E-state index is 0.00575. The standard InChI is InChI=1S/C21H25BrN4O2S/c1-28-16-12-19-18(24-13-16)3-5-21(27)26(19)11-10-25-8-6-15(7-9-25)23-14-17-2-4-20(22)29-17/h2-5,12-13,15,23H,6-11,14H2,1H3. The maximum atomic E-state index is 12.4. The van der Waals surface area contributed by atoms with Gasteiger partial charge in [0.15, 0.2) is 0 Å². The molecule has 0 amide bonds. The van der Waals surface area contributed by atoms with Crippen molar-refractivity contribution in [1.29, 1.82) is 0 Å². The number of nitrogens with one attached hydrogen (secondary N) is 1. The fourth-order valence-corrected chi connectivity index (χ4v) is 5.22. The lowest BCUT2D eigenvalue weighted by Gasteiger charge is -2.32. The number of ether oxygens (including phenoxy) is 1. The van der Waals surface area contributed by atoms with Crippen LogP contribution in [0.15, 0.2) is 45.1 Å². The van der Waals surface area contributed by atoms with Crippen molar-refractivity contribution >= 4 is 38.3 Å². The number of thiophene rings is 1. The number of fused-ring (bicyclic) bond motifs is 1. The van der Waals surface area contributed by atoms with Crippen molar-refractivity contribution < 1.29 is 4.74 Å². The third-order valence-corrected chi connectivity index (χ3v) is 7.09. The highest BCUT2D eigenvalue weighted by Crippen LogP contribution is 2.22. The summed E-state index contributed by atoms with van der Waals surface area (Å²) in [6.45, 7) is 4.55. The number of likely N-dealkylation sites (tertiary alicyclic amines) is 1. The van der Waals surface area contributed by atoms with Gasteiger partial charge >= 0.3 is 0 Å². The fraction of sp³-hybridized carbons (Fsp3) is 0.429. The smallest absolute Gasteiger partial charge is 0.251 e. The molecule has 6 nitrogen and oxygen atoms in total. The molecule has 3 aromatic heterocycles. The zero-order chi connectivity index (χ0) is 20.2. The van der Waals surface area contributed by atoms with Crippen LogP contribution in [0.3, 0.4) is 0 Å². The first-order valence-corrected chi connectivity index (χ1v) is 11.5. The summed E-state index contributed by atoms with van der Waals surface area (Å²) in [7, 11) is 1.61. The van der Waals surface area contributed by atoms with Crippen molar-refractivity contribution in [3.05, 3.63) is 55.5 Å². The Hall–Kier alpha value is -1.74. The molecule has 0 bridgehead atoms. The topological polar surface area (TPSA) is 59.4 Å². The van der Waals surface area contributed by atoms with Crippen LogP contribution in [0.5, 0.6) is 5.75 Å². The van der Waals surface area contributed by atoms with Crippen molar-refractivity contribution in [2.75, 3.05) is 26.7 Å². The fourth-order valence-electron chi connectivity index (χ4n) is 3.78. The van der Waals surface area contributed by atoms with Crippen LogP contribution in [-0.2, 0) is 13.1 Å². The molecular formula is C21H25BrN4O2S. The molecule has 4 rings (SSSR count). The lowest BCUT2D eigenvalue weighted by atomic mass is 10.1. The van der Waals surface area contributed by atoms with Gasteiger partial charge in [-0.3, -0.25) is 9.78 Å². The summed E-state index contributed by atoms with van der Waals surface area (Å²) in [4.78, 5) is 20.6. The van der Waals surface area contributed by atoms with E-state index in [4.69, 9.17) is 4.74 Å². The Bertz CT molecular complexity index is 1030. The number of nitrogens with zero attached hydrogens (tertiary/aromatic N) is 3. The summed E-state index contributed by atoms with van der Waals surface area (Å²) < 4.78 is 8.27. The Kier molecular flexibility index (Phi) is 6.64. The van der Waals surface area contributed by atoms with E-state index >= 15 is 0 Å². The maximum Gasteiger partial charge on any atom is 0.251 e. The summed E-state index contributed by atoms with van der Waals surface area (Å²) in [6.07, 6.45) is 3.95. The Labute approximate surface area is 182 Å². The van der Waals surface area contributed by atoms with Crippen LogP contribution >= 0.6 is 27.3 Å². The third kappa shape index (κ3) is 5.06. The summed E-state index contributed by atoms with van der Waals surface area (Å²) >= 11 is 5.30. The van der Waals surface area contributed by atoms with Gasteiger partial charge in [0.25, 0.3) is 5.56 Å². The van der Waals surface area contributed by atoms with Crippen LogP contribution in [-0.4, -0.2) is 47.2 Å². The summed E-state index contributed by atoms with van der Waals surface area (Å²) in [5.41, 5.74) is 1.65. The largest absolute Gasteiger partial charge is 0.495 e. The predicted molar refractivity (Wildman–Crippen MR) is 121 cm³/mol. The van der Waals surface area contributed by atoms with E-state index in [9.17, 15) is 4.79 Å². The second kappa shape index (κ2) is 9.38. The van der Waals surface area contributed by atoms with E-state index < -0.39 is 0 Å². The van der Waals surface area contributed by atoms with Crippen LogP contribution in [0.25, 0.3) is 11.0 Å². The number of aromatic nitrogens is 2. The molecule has 0 saturated carbocycles. The normalized spacial score (nSPS) is 15.8. The first-order chi connectivity index (χ1) is 14.1. The van der Waals surface area contributed by atoms with Crippen LogP contribution in [0.2, 0.25) is 0 Å². The van der Waals surface area contributed by atoms with E-state index in [1.807, 2.05) is 10.6 Å². The molecular weight excluding hydrogens is 452 g/mol. The number of rotatable bonds is 7. The molecule has 0 aliphatic carbocycles. The van der Waals surface area contributed by atoms with Crippen LogP contribution in [0.1, 0.15) is 17.7 Å². The molecule has 1 saturated heterocycles. The highest BCUT2D eigenvalue weighted by Gasteiger charge is 2.19. The van der Waals surface area contributed by atoms with E-state index in [-0.39, 0.29) is 5.56 Å². The van der Waals surface area contributed by atoms with Crippen molar-refractivity contribution in [1.82, 2.24) is 19.8 Å². The Morgan fingerprint density at radius 1 is 1.24 bits per heavy atom. The number of pyridine rings is 2. The van der Waals surface area contributed by atoms with Gasteiger partial charge in [0, 0.05) is 42.7 Å². The van der Waals surface area contributed by atoms with Gasteiger partial charge in [-0.15, -0.1) is 11.3 Å². The zero-order valence-electron chi connectivity index (χ0n) is 16.4. The van der Waals surface area contributed by atoms with Gasteiger partial charge in [0.2, 0.25) is 0 Å². The average molecular weight is 477 g/mol. The van der Waals surface area contributed by atoms with Crippen molar-refractivity contribution in [2.24, 2.45) is 0 Å². The molecule has 4 heterocycles. The van der Waals surface area contributed by atoms with Gasteiger partial charge in [-0.2, -0.15) is 0 Å². The first kappa shape index (κ1) is 20.5. The second-order valence-electron chi connectivity index (χ2n) is 7.31. The Morgan fingerprint density at radius 2 is 2.07 bits per heavy atom. The molecule has 0 atom stereocenters. The minimum atomic E-state index is 0.00575. The van der Waals surface area contributed by atoms with E-state index in [0.29, 0.717) is 18.3 Å². The number of methoxy groups -OCH3 is 1. The molecule has 154 valence electrons. The monoisotopic (exact) mass is 476 g/mol. The summed E-state index contributed by atoms with van der Waals surface area (Å²) in [5.74, 6) is 0.668. The highest BCUT2D eigenvalue weighted by molar-refractivity contribution is 9.11. The van der Waals surface area contributed by atoms with Gasteiger partial charge < -0.3 is 19.5 Å². The zero-order valence-corrected chi connectivity index (χ0v) is 18.8. The van der Waals surface area contributed by atoms with Gasteiger partial charge in [0.05, 0.1) is 28.1 Å². The average Bonchev–Trinajstić information content (AvgIpc) is 3.17. The molecule has 1 fully saturated rings. The first-order valence-electron chi connectivity index (χ1n) is 9.86. The number of piperidine rings is 1. The van der Waals surface area contributed by atoms with Crippen molar-refractivity contribution in [3.8, 4) is 5.75 Å². The highest BCUT2D eigenvalue weighted by atomic mass is 79.9. The van der Waals surface area contributed by atoms with Crippen molar-refractivity contribution in [2.45, 2.75) is 32.0 Å². The summed E-state index contributed by atoms with van der Waals surface area (Å²) in [5, 5.41) is 3.68. The summed E-state index contributed by atoms with van der Waals surface area (Å²) in [6, 6.07) is 10.1. The lowest BCUT2D eigenvalue weighted by Crippen LogP contribution is -2.43. The van der Waals surface area contributed by atoms with E-state index in [2.05, 4.69) is 43.3 Å². The third-order valence-electron chi connectivity index (χ3n) is 5.47. The van der Waals surface area contributed by atoms with Gasteiger partial charge in [0.1, 0.15) is 5.75 Å². The number of hydrogen-bond donors (Lipinski definition) is 1. The molecule has 1 aliphatic heterocycles. The Morgan fingerprint density at radius 3 is 2.79 bits per heavy atom. The SMILES string of the molecule is COc1cnc2ccc(=O)n(CCN3CCC(NCc4ccc(Br)s4)CC3)c2c1. The Balaban J connectivity index is 1.32. The van der Waals surface area contributed by atoms with Crippen molar-refractivity contribution in [3.63, 3.8) is 0 Å². The molecule has 29 heavy (non-hydrogen) atoms. The van der Waals surface area contributed by atoms with Gasteiger partial charge in [-0.25, -0.2) is 0 Å². The molecule has 0 unspecified atom stereocenters. The van der Waals surface area contributed by atoms with Crippen LogP contribution in [0.4, 0.5) is 0 Å². The van der Waals surface area contributed by atoms with E-state index in [1.165, 1.54) is 8.66 Å². The van der Waals surface area contributed by atoms with Crippen LogP contribution in [0, 0.1) is 0 Å². The molecule has 0 radical (unpaired) electrons. The second-order valence-corrected chi connectivity index (χ2v) is 9.85. The van der Waals surface area contributed by atoms with E-state index in [1.54, 1.807) is 36.8 Å². The van der Waals surface area contributed by atoms with Crippen LogP contribution < -0.4 is 15.6 Å². The lowest BCUT2D eigenvalue weighted by molar-refractivity contribution is 0.191. The molecule has 3 aromatic rings. The molecule has 1 aliphatic rings.